The van der Waals surface area contributed by atoms with E-state index in [1.165, 1.54) is 12.1 Å². The Hall–Kier alpha value is -3.26. The molecule has 7 heteroatoms. The van der Waals surface area contributed by atoms with E-state index in [4.69, 9.17) is 11.6 Å². The third kappa shape index (κ3) is 3.27. The van der Waals surface area contributed by atoms with Gasteiger partial charge >= 0.3 is 0 Å². The highest BCUT2D eigenvalue weighted by Gasteiger charge is 2.22. The molecule has 0 radical (unpaired) electrons. The van der Waals surface area contributed by atoms with Gasteiger partial charge in [0.1, 0.15) is 5.75 Å². The molecule has 0 saturated carbocycles. The van der Waals surface area contributed by atoms with Gasteiger partial charge in [-0.1, -0.05) is 23.2 Å². The minimum absolute atomic E-state index is 0.120. The first-order chi connectivity index (χ1) is 12.5. The van der Waals surface area contributed by atoms with Crippen molar-refractivity contribution in [2.45, 2.75) is 6.92 Å². The van der Waals surface area contributed by atoms with Gasteiger partial charge in [0.25, 0.3) is 0 Å². The first kappa shape index (κ1) is 17.6. The Morgan fingerprint density at radius 3 is 2.65 bits per heavy atom. The number of phenolic OH excluding ortho intramolecular Hbond substituents is 1. The number of aromatic hydroxyl groups is 1. The molecule has 0 aromatic heterocycles. The van der Waals surface area contributed by atoms with Crippen molar-refractivity contribution in [2.24, 2.45) is 4.99 Å². The fourth-order valence-corrected chi connectivity index (χ4v) is 2.99. The molecule has 1 aliphatic rings. The molecule has 0 spiro atoms. The Bertz CT molecular complexity index is 993. The average molecular weight is 367 g/mol. The van der Waals surface area contributed by atoms with E-state index in [9.17, 15) is 15.2 Å². The number of hydrogen-bond acceptors (Lipinski definition) is 4. The number of benzene rings is 2. The molecule has 1 heterocycles. The zero-order valence-corrected chi connectivity index (χ0v) is 14.7. The Labute approximate surface area is 155 Å². The third-order valence-electron chi connectivity index (χ3n) is 3.96. The van der Waals surface area contributed by atoms with Crippen molar-refractivity contribution in [2.75, 3.05) is 13.1 Å². The second-order valence-corrected chi connectivity index (χ2v) is 6.15. The molecule has 1 fully saturated rings. The van der Waals surface area contributed by atoms with E-state index < -0.39 is 0 Å². The first-order valence-corrected chi connectivity index (χ1v) is 8.27. The molecule has 0 atom stereocenters. The summed E-state index contributed by atoms with van der Waals surface area (Å²) < 4.78 is 0. The minimum atomic E-state index is -0.183. The van der Waals surface area contributed by atoms with Crippen molar-refractivity contribution < 1.29 is 9.90 Å². The normalized spacial score (nSPS) is 12.6. The summed E-state index contributed by atoms with van der Waals surface area (Å²) in [6.07, 6.45) is 0. The van der Waals surface area contributed by atoms with E-state index in [1.54, 1.807) is 18.1 Å². The number of rotatable bonds is 3. The third-order valence-corrected chi connectivity index (χ3v) is 4.29. The largest absolute Gasteiger partial charge is 0.507 e. The summed E-state index contributed by atoms with van der Waals surface area (Å²) in [5.41, 5.74) is 2.07. The summed E-state index contributed by atoms with van der Waals surface area (Å²) in [6, 6.07) is 10.3. The second-order valence-electron chi connectivity index (χ2n) is 5.74. The molecule has 1 saturated heterocycles. The van der Waals surface area contributed by atoms with E-state index in [0.717, 1.165) is 5.56 Å². The summed E-state index contributed by atoms with van der Waals surface area (Å²) in [5, 5.41) is 26.4. The van der Waals surface area contributed by atoms with Crippen molar-refractivity contribution >= 4 is 29.2 Å². The topological polar surface area (TPSA) is 97.5 Å². The van der Waals surface area contributed by atoms with E-state index in [-0.39, 0.29) is 22.6 Å². The number of guanidine groups is 1. The molecule has 0 bridgehead atoms. The summed E-state index contributed by atoms with van der Waals surface area (Å²) >= 11 is 6.34. The predicted octanol–water partition coefficient (Wildman–Crippen LogP) is 2.61. The zero-order valence-electron chi connectivity index (χ0n) is 13.9. The minimum Gasteiger partial charge on any atom is -0.507 e. The number of carbonyl (C=O) groups excluding carboxylic acids is 1. The lowest BCUT2D eigenvalue weighted by Crippen LogP contribution is -2.23. The van der Waals surface area contributed by atoms with Crippen LogP contribution in [0.15, 0.2) is 35.3 Å². The highest BCUT2D eigenvalue weighted by molar-refractivity contribution is 6.33. The van der Waals surface area contributed by atoms with Crippen molar-refractivity contribution in [3.05, 3.63) is 52.0 Å². The monoisotopic (exact) mass is 366 g/mol. The summed E-state index contributed by atoms with van der Waals surface area (Å²) in [7, 11) is 0. The van der Waals surface area contributed by atoms with Crippen molar-refractivity contribution in [1.82, 2.24) is 10.6 Å². The lowest BCUT2D eigenvalue weighted by Gasteiger charge is -2.14. The van der Waals surface area contributed by atoms with Crippen LogP contribution in [0, 0.1) is 18.3 Å². The Morgan fingerprint density at radius 2 is 2.00 bits per heavy atom. The van der Waals surface area contributed by atoms with Crippen LogP contribution < -0.4 is 10.6 Å². The van der Waals surface area contributed by atoms with Gasteiger partial charge in [0, 0.05) is 29.2 Å². The van der Waals surface area contributed by atoms with Crippen LogP contribution >= 0.6 is 11.6 Å². The molecular weight excluding hydrogens is 352 g/mol. The molecule has 3 rings (SSSR count). The molecule has 130 valence electrons. The van der Waals surface area contributed by atoms with Crippen LogP contribution in [0.2, 0.25) is 5.02 Å². The van der Waals surface area contributed by atoms with E-state index in [0.29, 0.717) is 35.2 Å². The average Bonchev–Trinajstić information content (AvgIpc) is 3.15. The number of aryl methyl sites for hydroxylation is 1. The maximum atomic E-state index is 11.6. The maximum Gasteiger partial charge on any atom is 0.197 e. The van der Waals surface area contributed by atoms with Crippen LogP contribution in [0.4, 0.5) is 0 Å². The van der Waals surface area contributed by atoms with Crippen LogP contribution in [0.5, 0.6) is 5.75 Å². The highest BCUT2D eigenvalue weighted by atomic mass is 35.5. The van der Waals surface area contributed by atoms with Crippen LogP contribution in [0.1, 0.15) is 16.7 Å². The van der Waals surface area contributed by atoms with Crippen LogP contribution in [0.3, 0.4) is 0 Å². The van der Waals surface area contributed by atoms with Crippen molar-refractivity contribution in [3.63, 3.8) is 0 Å². The Balaban J connectivity index is 2.32. The standard InChI is InChI=1S/C19H15ClN4O2/c1-11-2-4-14(20)13(8-11)17-12(9-21)3-5-16(26)18(17)15(10-25)24-19-22-6-7-23-19/h2-5,8,26H,6-7H2,1H3,(H2,22,23,24). The number of phenols is 1. The molecule has 1 aliphatic heterocycles. The molecule has 2 aromatic rings. The van der Waals surface area contributed by atoms with Gasteiger partial charge in [-0.3, -0.25) is 0 Å². The smallest absolute Gasteiger partial charge is 0.197 e. The van der Waals surface area contributed by atoms with Gasteiger partial charge < -0.3 is 15.7 Å². The Kier molecular flexibility index (Phi) is 4.94. The second kappa shape index (κ2) is 7.32. The first-order valence-electron chi connectivity index (χ1n) is 7.89. The summed E-state index contributed by atoms with van der Waals surface area (Å²) in [5.74, 6) is 1.99. The molecule has 0 unspecified atom stereocenters. The van der Waals surface area contributed by atoms with E-state index in [1.807, 2.05) is 13.0 Å². The molecule has 0 amide bonds. The number of nitrogens with zero attached hydrogens (tertiary/aromatic N) is 2. The van der Waals surface area contributed by atoms with Gasteiger partial charge in [-0.2, -0.15) is 5.26 Å². The maximum absolute atomic E-state index is 11.6. The van der Waals surface area contributed by atoms with Gasteiger partial charge in [0.2, 0.25) is 0 Å². The van der Waals surface area contributed by atoms with E-state index >= 15 is 0 Å². The van der Waals surface area contributed by atoms with E-state index in [2.05, 4.69) is 21.7 Å². The van der Waals surface area contributed by atoms with Gasteiger partial charge in [-0.05, 0) is 31.2 Å². The number of hydrogen-bond donors (Lipinski definition) is 3. The predicted molar refractivity (Wildman–Crippen MR) is 101 cm³/mol. The molecule has 2 aromatic carbocycles. The molecule has 0 aliphatic carbocycles. The number of halogens is 1. The fourth-order valence-electron chi connectivity index (χ4n) is 2.78. The van der Waals surface area contributed by atoms with Crippen molar-refractivity contribution in [3.8, 4) is 22.9 Å². The Morgan fingerprint density at radius 1 is 1.27 bits per heavy atom. The summed E-state index contributed by atoms with van der Waals surface area (Å²) in [4.78, 5) is 15.8. The van der Waals surface area contributed by atoms with Crippen molar-refractivity contribution in [1.29, 1.82) is 5.26 Å². The van der Waals surface area contributed by atoms with Crippen LogP contribution in [0.25, 0.3) is 16.8 Å². The molecule has 3 N–H and O–H groups in total. The summed E-state index contributed by atoms with van der Waals surface area (Å²) in [6.45, 7) is 3.23. The number of nitriles is 1. The zero-order chi connectivity index (χ0) is 18.7. The SMILES string of the molecule is Cc1ccc(Cl)c(-c2c(C#N)ccc(O)c2C(=C=O)N=C2NCCN2)c1. The molecule has 26 heavy (non-hydrogen) atoms. The van der Waals surface area contributed by atoms with Crippen LogP contribution in [-0.4, -0.2) is 30.1 Å². The van der Waals surface area contributed by atoms with Gasteiger partial charge in [0.15, 0.2) is 17.6 Å². The van der Waals surface area contributed by atoms with Crippen LogP contribution in [-0.2, 0) is 4.79 Å². The molecule has 6 nitrogen and oxygen atoms in total. The molecular formula is C19H15ClN4O2. The quantitative estimate of drug-likeness (QED) is 0.725. The van der Waals surface area contributed by atoms with Gasteiger partial charge in [0.05, 0.1) is 17.2 Å². The lowest BCUT2D eigenvalue weighted by molar-refractivity contribution is 0.473. The van der Waals surface area contributed by atoms with Gasteiger partial charge in [-0.15, -0.1) is 0 Å². The lowest BCUT2D eigenvalue weighted by atomic mass is 9.91. The highest BCUT2D eigenvalue weighted by Crippen LogP contribution is 2.40. The van der Waals surface area contributed by atoms with Gasteiger partial charge in [-0.25, -0.2) is 9.79 Å². The fraction of sp³-hybridized carbons (Fsp3) is 0.158. The number of aliphatic imine (C=N–C) groups is 1. The number of nitrogens with one attached hydrogen (secondary N) is 2.